The lowest BCUT2D eigenvalue weighted by Crippen LogP contribution is -2.35. The van der Waals surface area contributed by atoms with Crippen LogP contribution >= 0.6 is 0 Å². The first-order chi connectivity index (χ1) is 15.9. The molecule has 0 unspecified atom stereocenters. The van der Waals surface area contributed by atoms with Crippen LogP contribution in [0.1, 0.15) is 30.4 Å². The maximum Gasteiger partial charge on any atom is 0.262 e. The third-order valence-electron chi connectivity index (χ3n) is 6.00. The number of carbonyl (C=O) groups is 1. The van der Waals surface area contributed by atoms with Crippen LogP contribution in [0.5, 0.6) is 5.75 Å². The lowest BCUT2D eigenvalue weighted by Gasteiger charge is -2.17. The zero-order chi connectivity index (χ0) is 23.3. The average molecular weight is 465 g/mol. The van der Waals surface area contributed by atoms with E-state index in [1.807, 2.05) is 30.3 Å². The average Bonchev–Trinajstić information content (AvgIpc) is 3.65. The summed E-state index contributed by atoms with van der Waals surface area (Å²) in [5.41, 5.74) is 2.12. The number of aryl methyl sites for hydroxylation is 1. The highest BCUT2D eigenvalue weighted by atomic mass is 32.2. The van der Waals surface area contributed by atoms with E-state index in [0.717, 1.165) is 31.2 Å². The standard InChI is InChI=1S/C26H28N2O4S/c1-32-23-10-5-11-24(19-23)33(30,31)28-22-14-12-21(13-15-22)26(16-17-26)25(29)27-18-6-9-20-7-3-2-4-8-20/h2-5,7-8,10-15,19,28H,6,9,16-18H2,1H3,(H,27,29). The van der Waals surface area contributed by atoms with Crippen LogP contribution in [-0.2, 0) is 26.7 Å². The first-order valence-electron chi connectivity index (χ1n) is 11.0. The Bertz CT molecular complexity index is 1200. The van der Waals surface area contributed by atoms with Crippen molar-refractivity contribution in [2.75, 3.05) is 18.4 Å². The van der Waals surface area contributed by atoms with Crippen LogP contribution in [0.3, 0.4) is 0 Å². The van der Waals surface area contributed by atoms with Gasteiger partial charge in [-0.25, -0.2) is 8.42 Å². The van der Waals surface area contributed by atoms with Crippen LogP contribution in [0, 0.1) is 0 Å². The van der Waals surface area contributed by atoms with Gasteiger partial charge in [0.2, 0.25) is 5.91 Å². The number of hydrogen-bond acceptors (Lipinski definition) is 4. The predicted octanol–water partition coefficient (Wildman–Crippen LogP) is 4.28. The Morgan fingerprint density at radius 3 is 2.36 bits per heavy atom. The van der Waals surface area contributed by atoms with Gasteiger partial charge in [0, 0.05) is 18.3 Å². The number of carbonyl (C=O) groups excluding carboxylic acids is 1. The van der Waals surface area contributed by atoms with E-state index in [1.54, 1.807) is 24.3 Å². The van der Waals surface area contributed by atoms with Crippen LogP contribution in [-0.4, -0.2) is 28.0 Å². The van der Waals surface area contributed by atoms with E-state index in [-0.39, 0.29) is 10.8 Å². The lowest BCUT2D eigenvalue weighted by atomic mass is 9.94. The van der Waals surface area contributed by atoms with Gasteiger partial charge in [0.1, 0.15) is 5.75 Å². The fraction of sp³-hybridized carbons (Fsp3) is 0.269. The Balaban J connectivity index is 1.35. The smallest absolute Gasteiger partial charge is 0.262 e. The van der Waals surface area contributed by atoms with Gasteiger partial charge in [-0.2, -0.15) is 0 Å². The molecule has 2 N–H and O–H groups in total. The number of methoxy groups -OCH3 is 1. The fourth-order valence-electron chi connectivity index (χ4n) is 3.92. The maximum absolute atomic E-state index is 12.9. The highest BCUT2D eigenvalue weighted by Gasteiger charge is 2.51. The molecule has 3 aromatic rings. The van der Waals surface area contributed by atoms with Gasteiger partial charge in [0.05, 0.1) is 17.4 Å². The quantitative estimate of drug-likeness (QED) is 0.439. The second-order valence-corrected chi connectivity index (χ2v) is 9.97. The first kappa shape index (κ1) is 22.9. The van der Waals surface area contributed by atoms with E-state index < -0.39 is 15.4 Å². The van der Waals surface area contributed by atoms with Crippen molar-refractivity contribution in [3.05, 3.63) is 90.0 Å². The number of hydrogen-bond donors (Lipinski definition) is 2. The third-order valence-corrected chi connectivity index (χ3v) is 7.38. The summed E-state index contributed by atoms with van der Waals surface area (Å²) >= 11 is 0. The number of ether oxygens (including phenoxy) is 1. The molecular weight excluding hydrogens is 436 g/mol. The Kier molecular flexibility index (Phi) is 6.70. The molecule has 0 aromatic heterocycles. The maximum atomic E-state index is 12.9. The van der Waals surface area contributed by atoms with Gasteiger partial charge >= 0.3 is 0 Å². The molecule has 0 radical (unpaired) electrons. The minimum Gasteiger partial charge on any atom is -0.497 e. The van der Waals surface area contributed by atoms with Crippen molar-refractivity contribution in [3.8, 4) is 5.75 Å². The van der Waals surface area contributed by atoms with E-state index in [4.69, 9.17) is 4.74 Å². The summed E-state index contributed by atoms with van der Waals surface area (Å²) < 4.78 is 33.1. The van der Waals surface area contributed by atoms with Gasteiger partial charge in [-0.05, 0) is 61.1 Å². The number of amides is 1. The Morgan fingerprint density at radius 1 is 0.970 bits per heavy atom. The molecule has 0 spiro atoms. The van der Waals surface area contributed by atoms with Crippen LogP contribution in [0.15, 0.2) is 83.8 Å². The molecule has 1 aliphatic rings. The highest BCUT2D eigenvalue weighted by molar-refractivity contribution is 7.92. The molecule has 4 rings (SSSR count). The number of anilines is 1. The lowest BCUT2D eigenvalue weighted by molar-refractivity contribution is -0.123. The molecule has 1 fully saturated rings. The predicted molar refractivity (Wildman–Crippen MR) is 129 cm³/mol. The monoisotopic (exact) mass is 464 g/mol. The van der Waals surface area contributed by atoms with Gasteiger partial charge < -0.3 is 10.1 Å². The first-order valence-corrected chi connectivity index (χ1v) is 12.5. The summed E-state index contributed by atoms with van der Waals surface area (Å²) in [5, 5.41) is 3.08. The largest absolute Gasteiger partial charge is 0.497 e. The Morgan fingerprint density at radius 2 is 1.70 bits per heavy atom. The molecule has 1 saturated carbocycles. The molecular formula is C26H28N2O4S. The third kappa shape index (κ3) is 5.37. The zero-order valence-electron chi connectivity index (χ0n) is 18.6. The van der Waals surface area contributed by atoms with Gasteiger partial charge in [-0.15, -0.1) is 0 Å². The van der Waals surface area contributed by atoms with Crippen LogP contribution in [0.4, 0.5) is 5.69 Å². The van der Waals surface area contributed by atoms with Gasteiger partial charge in [0.15, 0.2) is 0 Å². The summed E-state index contributed by atoms with van der Waals surface area (Å²) in [4.78, 5) is 13.0. The van der Waals surface area contributed by atoms with Gasteiger partial charge in [-0.1, -0.05) is 48.5 Å². The molecule has 0 bridgehead atoms. The number of nitrogens with one attached hydrogen (secondary N) is 2. The molecule has 3 aromatic carbocycles. The molecule has 6 nitrogen and oxygen atoms in total. The molecule has 0 atom stereocenters. The normalized spacial score (nSPS) is 14.3. The van der Waals surface area contributed by atoms with Crippen molar-refractivity contribution in [2.24, 2.45) is 0 Å². The Hall–Kier alpha value is -3.32. The van der Waals surface area contributed by atoms with E-state index >= 15 is 0 Å². The minimum atomic E-state index is -3.74. The zero-order valence-corrected chi connectivity index (χ0v) is 19.4. The van der Waals surface area contributed by atoms with E-state index in [9.17, 15) is 13.2 Å². The van der Waals surface area contributed by atoms with Crippen molar-refractivity contribution >= 4 is 21.6 Å². The van der Waals surface area contributed by atoms with Crippen molar-refractivity contribution in [3.63, 3.8) is 0 Å². The molecule has 0 heterocycles. The Labute approximate surface area is 195 Å². The topological polar surface area (TPSA) is 84.5 Å². The second kappa shape index (κ2) is 9.67. The molecule has 33 heavy (non-hydrogen) atoms. The second-order valence-electron chi connectivity index (χ2n) is 8.29. The van der Waals surface area contributed by atoms with E-state index in [0.29, 0.717) is 18.0 Å². The number of rotatable bonds is 10. The number of sulfonamides is 1. The molecule has 0 aliphatic heterocycles. The fourth-order valence-corrected chi connectivity index (χ4v) is 5.01. The summed E-state index contributed by atoms with van der Waals surface area (Å²) in [5.74, 6) is 0.513. The summed E-state index contributed by atoms with van der Waals surface area (Å²) in [7, 11) is -2.25. The van der Waals surface area contributed by atoms with Crippen LogP contribution in [0.25, 0.3) is 0 Å². The van der Waals surface area contributed by atoms with E-state index in [2.05, 4.69) is 22.2 Å². The van der Waals surface area contributed by atoms with Crippen molar-refractivity contribution < 1.29 is 17.9 Å². The highest BCUT2D eigenvalue weighted by Crippen LogP contribution is 2.48. The molecule has 7 heteroatoms. The van der Waals surface area contributed by atoms with Gasteiger partial charge in [0.25, 0.3) is 10.0 Å². The minimum absolute atomic E-state index is 0.0419. The van der Waals surface area contributed by atoms with Crippen molar-refractivity contribution in [1.29, 1.82) is 0 Å². The number of benzene rings is 3. The van der Waals surface area contributed by atoms with Crippen LogP contribution < -0.4 is 14.8 Å². The van der Waals surface area contributed by atoms with Crippen LogP contribution in [0.2, 0.25) is 0 Å². The molecule has 172 valence electrons. The van der Waals surface area contributed by atoms with Gasteiger partial charge in [-0.3, -0.25) is 9.52 Å². The summed E-state index contributed by atoms with van der Waals surface area (Å²) in [6, 6.07) is 23.6. The van der Waals surface area contributed by atoms with Crippen molar-refractivity contribution in [1.82, 2.24) is 5.32 Å². The molecule has 0 saturated heterocycles. The van der Waals surface area contributed by atoms with E-state index in [1.165, 1.54) is 24.8 Å². The SMILES string of the molecule is COc1cccc(S(=O)(=O)Nc2ccc(C3(C(=O)NCCCc4ccccc4)CC3)cc2)c1. The molecule has 1 amide bonds. The summed E-state index contributed by atoms with van der Waals surface area (Å²) in [6.45, 7) is 0.633. The van der Waals surface area contributed by atoms with Crippen molar-refractivity contribution in [2.45, 2.75) is 36.0 Å². The summed E-state index contributed by atoms with van der Waals surface area (Å²) in [6.07, 6.45) is 3.41. The molecule has 1 aliphatic carbocycles.